The van der Waals surface area contributed by atoms with Gasteiger partial charge in [-0.1, -0.05) is 224 Å². The van der Waals surface area contributed by atoms with Crippen LogP contribution in [-0.4, -0.2) is 140 Å². The Morgan fingerprint density at radius 1 is 0.435 bits per heavy atom. The Kier molecular flexibility index (Phi) is 48.9. The third kappa shape index (κ3) is 38.7. The number of carbonyl (C=O) groups excluding carboxylic acids is 1. The van der Waals surface area contributed by atoms with E-state index >= 15 is 0 Å². The number of hydrogen-bond acceptors (Lipinski definition) is 13. The number of carbonyl (C=O) groups is 1. The second-order valence-corrected chi connectivity index (χ2v) is 22.1. The van der Waals surface area contributed by atoms with Crippen LogP contribution in [0.1, 0.15) is 200 Å². The van der Waals surface area contributed by atoms with E-state index in [1.54, 1.807) is 6.08 Å². The van der Waals surface area contributed by atoms with Gasteiger partial charge in [0.05, 0.1) is 32.0 Å². The minimum atomic E-state index is -1.80. The zero-order chi connectivity index (χ0) is 61.6. The Labute approximate surface area is 513 Å². The molecule has 2 saturated heterocycles. The fraction of sp³-hybridized carbons (Fsp3) is 0.648. The highest BCUT2D eigenvalue weighted by atomic mass is 16.7. The predicted octanol–water partition coefficient (Wildman–Crippen LogP) is 12.5. The van der Waals surface area contributed by atoms with E-state index < -0.39 is 86.8 Å². The molecule has 0 aliphatic carbocycles. The van der Waals surface area contributed by atoms with Crippen molar-refractivity contribution in [3.63, 3.8) is 0 Å². The van der Waals surface area contributed by atoms with Crippen LogP contribution in [0.3, 0.4) is 0 Å². The van der Waals surface area contributed by atoms with E-state index in [2.05, 4.69) is 153 Å². The summed E-state index contributed by atoms with van der Waals surface area (Å²) >= 11 is 0. The standard InChI is InChI=1S/C71H115NO13/c1-3-5-7-9-11-13-15-17-19-21-23-24-25-26-27-28-29-30-31-32-33-34-35-36-37-39-41-43-45-47-49-51-53-55-63(76)72-59(60(75)54-52-50-48-46-44-42-40-38-22-20-18-16-14-12-10-8-6-4-2)58-82-70-68(81)66(79)69(62(57-74)84-70)85-71-67(80)65(78)64(77)61(56-73)83-71/h5,7,11,13,17,19,22-24,26-27,29-30,32-33,35-36,38-39,41,44,46,52,54,59-62,64-71,73-75,77-81H,3-4,6,8-10,12,14-16,18,20-21,25,28,31,34,37,40,42-43,45,47-51,53,55-58H2,1-2H3,(H,72,76)/b7-5-,13-11-,19-17-,24-23-,27-26-,30-29-,33-32-,36-35-,38-22+,41-39-,46-44+,54-52+. The van der Waals surface area contributed by atoms with Crippen molar-refractivity contribution in [1.29, 1.82) is 0 Å². The third-order valence-electron chi connectivity index (χ3n) is 14.7. The molecule has 2 aliphatic rings. The summed E-state index contributed by atoms with van der Waals surface area (Å²) in [5.74, 6) is -0.279. The normalized spacial score (nSPS) is 24.5. The van der Waals surface area contributed by atoms with Crippen molar-refractivity contribution in [2.24, 2.45) is 0 Å². The van der Waals surface area contributed by atoms with Crippen molar-refractivity contribution < 1.29 is 64.6 Å². The van der Waals surface area contributed by atoms with Crippen molar-refractivity contribution in [2.45, 2.75) is 274 Å². The largest absolute Gasteiger partial charge is 0.394 e. The molecule has 85 heavy (non-hydrogen) atoms. The molecule has 0 radical (unpaired) electrons. The van der Waals surface area contributed by atoms with Gasteiger partial charge in [-0.3, -0.25) is 4.79 Å². The van der Waals surface area contributed by atoms with Crippen LogP contribution in [0.15, 0.2) is 146 Å². The molecule has 9 N–H and O–H groups in total. The van der Waals surface area contributed by atoms with E-state index in [-0.39, 0.29) is 18.9 Å². The van der Waals surface area contributed by atoms with Gasteiger partial charge in [-0.15, -0.1) is 0 Å². The van der Waals surface area contributed by atoms with Gasteiger partial charge in [0.2, 0.25) is 5.91 Å². The van der Waals surface area contributed by atoms with Gasteiger partial charge < -0.3 is 65.1 Å². The molecule has 0 aromatic rings. The van der Waals surface area contributed by atoms with Crippen LogP contribution in [-0.2, 0) is 23.7 Å². The summed E-state index contributed by atoms with van der Waals surface area (Å²) in [5, 5.41) is 87.2. The summed E-state index contributed by atoms with van der Waals surface area (Å²) in [6, 6.07) is -0.961. The summed E-state index contributed by atoms with van der Waals surface area (Å²) in [4.78, 5) is 13.3. The van der Waals surface area contributed by atoms with Gasteiger partial charge in [0, 0.05) is 6.42 Å². The Hall–Kier alpha value is -4.13. The molecular formula is C71H115NO13. The van der Waals surface area contributed by atoms with Crippen LogP contribution in [0, 0.1) is 0 Å². The van der Waals surface area contributed by atoms with E-state index in [0.717, 1.165) is 116 Å². The Morgan fingerprint density at radius 2 is 0.824 bits per heavy atom. The van der Waals surface area contributed by atoms with E-state index in [0.29, 0.717) is 12.8 Å². The van der Waals surface area contributed by atoms with Crippen LogP contribution in [0.25, 0.3) is 0 Å². The number of ether oxygens (including phenoxy) is 4. The summed E-state index contributed by atoms with van der Waals surface area (Å²) < 4.78 is 22.8. The molecule has 2 aliphatic heterocycles. The Morgan fingerprint density at radius 3 is 1.29 bits per heavy atom. The quantitative estimate of drug-likeness (QED) is 0.0204. The summed E-state index contributed by atoms with van der Waals surface area (Å²) in [6.07, 6.45) is 64.5. The summed E-state index contributed by atoms with van der Waals surface area (Å²) in [7, 11) is 0. The second-order valence-electron chi connectivity index (χ2n) is 22.1. The first-order valence-electron chi connectivity index (χ1n) is 32.6. The maximum Gasteiger partial charge on any atom is 0.220 e. The molecule has 0 spiro atoms. The maximum atomic E-state index is 13.3. The van der Waals surface area contributed by atoms with Crippen molar-refractivity contribution in [3.05, 3.63) is 146 Å². The zero-order valence-electron chi connectivity index (χ0n) is 52.0. The van der Waals surface area contributed by atoms with Gasteiger partial charge in [-0.05, 0) is 116 Å². The predicted molar refractivity (Wildman–Crippen MR) is 345 cm³/mol. The lowest BCUT2D eigenvalue weighted by molar-refractivity contribution is -0.359. The van der Waals surface area contributed by atoms with Gasteiger partial charge in [0.25, 0.3) is 0 Å². The molecule has 2 fully saturated rings. The number of hydrogen-bond donors (Lipinski definition) is 9. The number of unbranched alkanes of at least 4 members (excludes halogenated alkanes) is 15. The number of rotatable bonds is 50. The lowest BCUT2D eigenvalue weighted by Crippen LogP contribution is -2.65. The van der Waals surface area contributed by atoms with Gasteiger partial charge in [-0.25, -0.2) is 0 Å². The molecular weight excluding hydrogens is 1070 g/mol. The smallest absolute Gasteiger partial charge is 0.220 e. The minimum absolute atomic E-state index is 0.237. The topological polar surface area (TPSA) is 228 Å². The highest BCUT2D eigenvalue weighted by molar-refractivity contribution is 5.76. The fourth-order valence-corrected chi connectivity index (χ4v) is 9.55. The number of amides is 1. The molecule has 482 valence electrons. The number of aliphatic hydroxyl groups excluding tert-OH is 8. The average molecular weight is 1190 g/mol. The van der Waals surface area contributed by atoms with Crippen molar-refractivity contribution in [1.82, 2.24) is 5.32 Å². The molecule has 1 amide bonds. The highest BCUT2D eigenvalue weighted by Crippen LogP contribution is 2.30. The van der Waals surface area contributed by atoms with Crippen molar-refractivity contribution in [3.8, 4) is 0 Å². The van der Waals surface area contributed by atoms with Crippen molar-refractivity contribution >= 4 is 5.91 Å². The van der Waals surface area contributed by atoms with Crippen LogP contribution in [0.5, 0.6) is 0 Å². The SMILES string of the molecule is CC/C=C\C/C=C\C/C=C\C/C=C\C/C=C\C/C=C\C/C=C\C/C=C\C/C=C\CCCCCCCC(=O)NC(COC1OC(CO)C(OC2OC(CO)C(O)C(O)C2O)C(O)C1O)C(O)/C=C/CC/C=C/CC/C=C/CCCCCCCCCC. The molecule has 12 unspecified atom stereocenters. The Bertz CT molecular complexity index is 1980. The first-order valence-corrected chi connectivity index (χ1v) is 32.6. The van der Waals surface area contributed by atoms with Crippen LogP contribution < -0.4 is 5.32 Å². The van der Waals surface area contributed by atoms with Crippen molar-refractivity contribution in [2.75, 3.05) is 19.8 Å². The number of allylic oxidation sites excluding steroid dienone is 23. The summed E-state index contributed by atoms with van der Waals surface area (Å²) in [5.41, 5.74) is 0. The minimum Gasteiger partial charge on any atom is -0.394 e. The second kappa shape index (κ2) is 54.1. The lowest BCUT2D eigenvalue weighted by atomic mass is 9.97. The number of nitrogens with one attached hydrogen (secondary N) is 1. The van der Waals surface area contributed by atoms with E-state index in [1.165, 1.54) is 51.4 Å². The Balaban J connectivity index is 1.74. The monoisotopic (exact) mass is 1190 g/mol. The van der Waals surface area contributed by atoms with Gasteiger partial charge in [-0.2, -0.15) is 0 Å². The zero-order valence-corrected chi connectivity index (χ0v) is 52.0. The first kappa shape index (κ1) is 77.0. The van der Waals surface area contributed by atoms with Crippen LogP contribution in [0.4, 0.5) is 0 Å². The molecule has 14 heteroatoms. The molecule has 0 saturated carbocycles. The highest BCUT2D eigenvalue weighted by Gasteiger charge is 2.51. The van der Waals surface area contributed by atoms with Gasteiger partial charge in [0.15, 0.2) is 12.6 Å². The van der Waals surface area contributed by atoms with E-state index in [1.807, 2.05) is 6.08 Å². The molecule has 0 bridgehead atoms. The molecule has 2 rings (SSSR count). The fourth-order valence-electron chi connectivity index (χ4n) is 9.55. The summed E-state index contributed by atoms with van der Waals surface area (Å²) in [6.45, 7) is 2.62. The maximum absolute atomic E-state index is 13.3. The van der Waals surface area contributed by atoms with Crippen LogP contribution >= 0.6 is 0 Å². The van der Waals surface area contributed by atoms with Crippen LogP contribution in [0.2, 0.25) is 0 Å². The first-order chi connectivity index (χ1) is 41.6. The lowest BCUT2D eigenvalue weighted by Gasteiger charge is -2.46. The molecule has 0 aromatic heterocycles. The van der Waals surface area contributed by atoms with E-state index in [9.17, 15) is 45.6 Å². The molecule has 12 atom stereocenters. The molecule has 2 heterocycles. The molecule has 0 aromatic carbocycles. The van der Waals surface area contributed by atoms with E-state index in [4.69, 9.17) is 18.9 Å². The van der Waals surface area contributed by atoms with Gasteiger partial charge >= 0.3 is 0 Å². The average Bonchev–Trinajstić information content (AvgIpc) is 3.29. The third-order valence-corrected chi connectivity index (χ3v) is 14.7. The number of aliphatic hydroxyl groups is 8. The molecule has 14 nitrogen and oxygen atoms in total. The van der Waals surface area contributed by atoms with Gasteiger partial charge in [0.1, 0.15) is 48.8 Å².